The lowest BCUT2D eigenvalue weighted by atomic mass is 10.0. The van der Waals surface area contributed by atoms with Crippen LogP contribution in [0.3, 0.4) is 0 Å². The molecular weight excluding hydrogens is 429 g/mol. The molecule has 1 aliphatic rings. The number of alkyl halides is 3. The summed E-state index contributed by atoms with van der Waals surface area (Å²) in [6.07, 6.45) is -4.13. The van der Waals surface area contributed by atoms with Crippen molar-refractivity contribution >= 4 is 17.5 Å². The molecule has 33 heavy (non-hydrogen) atoms. The fraction of sp³-hybridized carbons (Fsp3) is 0.269. The van der Waals surface area contributed by atoms with Crippen molar-refractivity contribution in [2.75, 3.05) is 16.8 Å². The number of nitrogens with zero attached hydrogens (tertiary/aromatic N) is 1. The number of hydrogen-bond donors (Lipinski definition) is 1. The number of anilines is 2. The molecule has 1 N–H and O–H groups in total. The Balaban J connectivity index is 1.37. The van der Waals surface area contributed by atoms with Crippen molar-refractivity contribution in [1.82, 2.24) is 0 Å². The Morgan fingerprint density at radius 2 is 1.73 bits per heavy atom. The molecule has 0 fully saturated rings. The lowest BCUT2D eigenvalue weighted by Gasteiger charge is -2.20. The van der Waals surface area contributed by atoms with Crippen LogP contribution in [0, 0.1) is 0 Å². The number of ether oxygens (including phenoxy) is 1. The Hall–Kier alpha value is -3.48. The van der Waals surface area contributed by atoms with Crippen LogP contribution < -0.4 is 15.0 Å². The molecule has 4 nitrogen and oxygen atoms in total. The highest BCUT2D eigenvalue weighted by Gasteiger charge is 2.30. The summed E-state index contributed by atoms with van der Waals surface area (Å²) in [6, 6.07) is 18.3. The van der Waals surface area contributed by atoms with E-state index in [-0.39, 0.29) is 0 Å². The SMILES string of the molecule is CC(C)c1ccc(NC(=O)Oc2ccc3c(c2)CCN3Cc2ccc(C(F)(F)F)cc2)cc1. The predicted octanol–water partition coefficient (Wildman–Crippen LogP) is 7.00. The van der Waals surface area contributed by atoms with Crippen molar-refractivity contribution in [3.05, 3.63) is 89.0 Å². The Morgan fingerprint density at radius 1 is 1.03 bits per heavy atom. The van der Waals surface area contributed by atoms with Crippen molar-refractivity contribution < 1.29 is 22.7 Å². The summed E-state index contributed by atoms with van der Waals surface area (Å²) in [6.45, 7) is 5.47. The quantitative estimate of drug-likeness (QED) is 0.451. The molecule has 0 unspecified atom stereocenters. The first-order valence-electron chi connectivity index (χ1n) is 10.8. The van der Waals surface area contributed by atoms with Crippen LogP contribution in [0.5, 0.6) is 5.75 Å². The maximum Gasteiger partial charge on any atom is 0.417 e. The predicted molar refractivity (Wildman–Crippen MR) is 123 cm³/mol. The van der Waals surface area contributed by atoms with Crippen LogP contribution in [-0.4, -0.2) is 12.6 Å². The van der Waals surface area contributed by atoms with Crippen molar-refractivity contribution in [1.29, 1.82) is 0 Å². The van der Waals surface area contributed by atoms with Crippen molar-refractivity contribution in [2.45, 2.75) is 38.9 Å². The number of halogens is 3. The van der Waals surface area contributed by atoms with Gasteiger partial charge in [-0.1, -0.05) is 38.1 Å². The van der Waals surface area contributed by atoms with Gasteiger partial charge in [0.05, 0.1) is 5.56 Å². The van der Waals surface area contributed by atoms with E-state index in [0.717, 1.165) is 41.9 Å². The Kier molecular flexibility index (Phi) is 6.31. The molecule has 4 rings (SSSR count). The normalized spacial score (nSPS) is 13.2. The molecule has 0 bridgehead atoms. The van der Waals surface area contributed by atoms with Crippen LogP contribution in [0.1, 0.15) is 42.0 Å². The maximum absolute atomic E-state index is 12.8. The minimum atomic E-state index is -4.33. The molecule has 0 aliphatic carbocycles. The van der Waals surface area contributed by atoms with E-state index in [2.05, 4.69) is 24.1 Å². The monoisotopic (exact) mass is 454 g/mol. The lowest BCUT2D eigenvalue weighted by molar-refractivity contribution is -0.137. The van der Waals surface area contributed by atoms with Crippen molar-refractivity contribution in [2.24, 2.45) is 0 Å². The van der Waals surface area contributed by atoms with Gasteiger partial charge in [0.1, 0.15) is 5.75 Å². The first-order chi connectivity index (χ1) is 15.7. The summed E-state index contributed by atoms with van der Waals surface area (Å²) in [7, 11) is 0. The van der Waals surface area contributed by atoms with Gasteiger partial charge in [-0.3, -0.25) is 5.32 Å². The lowest BCUT2D eigenvalue weighted by Crippen LogP contribution is -2.19. The fourth-order valence-corrected chi connectivity index (χ4v) is 3.90. The van der Waals surface area contributed by atoms with Gasteiger partial charge in [0, 0.05) is 24.5 Å². The molecule has 0 saturated heterocycles. The smallest absolute Gasteiger partial charge is 0.410 e. The number of hydrogen-bond acceptors (Lipinski definition) is 3. The van der Waals surface area contributed by atoms with Crippen LogP contribution in [-0.2, 0) is 19.1 Å². The second-order valence-electron chi connectivity index (χ2n) is 8.45. The highest BCUT2D eigenvalue weighted by atomic mass is 19.4. The van der Waals surface area contributed by atoms with Gasteiger partial charge in [0.25, 0.3) is 0 Å². The Labute approximate surface area is 191 Å². The molecule has 3 aromatic carbocycles. The van der Waals surface area contributed by atoms with Gasteiger partial charge in [0.2, 0.25) is 0 Å². The van der Waals surface area contributed by atoms with Crippen molar-refractivity contribution in [3.63, 3.8) is 0 Å². The molecule has 1 aliphatic heterocycles. The molecule has 1 amide bonds. The van der Waals surface area contributed by atoms with Gasteiger partial charge in [0.15, 0.2) is 0 Å². The summed E-state index contributed by atoms with van der Waals surface area (Å²) >= 11 is 0. The zero-order valence-electron chi connectivity index (χ0n) is 18.4. The Morgan fingerprint density at radius 3 is 2.36 bits per heavy atom. The number of carbonyl (C=O) groups excluding carboxylic acids is 1. The molecule has 0 atom stereocenters. The van der Waals surface area contributed by atoms with Gasteiger partial charge in [-0.2, -0.15) is 13.2 Å². The zero-order valence-corrected chi connectivity index (χ0v) is 18.4. The number of carbonyl (C=O) groups is 1. The van der Waals surface area contributed by atoms with Crippen LogP contribution in [0.4, 0.5) is 29.3 Å². The summed E-state index contributed by atoms with van der Waals surface area (Å²) < 4.78 is 43.7. The minimum absolute atomic E-state index is 0.413. The molecule has 0 spiro atoms. The average molecular weight is 454 g/mol. The third-order valence-corrected chi connectivity index (χ3v) is 5.73. The number of amides is 1. The summed E-state index contributed by atoms with van der Waals surface area (Å²) in [5, 5.41) is 2.73. The largest absolute Gasteiger partial charge is 0.417 e. The van der Waals surface area contributed by atoms with Gasteiger partial charge in [-0.25, -0.2) is 4.79 Å². The summed E-state index contributed by atoms with van der Waals surface area (Å²) in [4.78, 5) is 14.4. The maximum atomic E-state index is 12.8. The Bertz CT molecular complexity index is 1120. The molecular formula is C26H25F3N2O2. The van der Waals surface area contributed by atoms with Crippen molar-refractivity contribution in [3.8, 4) is 5.75 Å². The van der Waals surface area contributed by atoms with Gasteiger partial charge < -0.3 is 9.64 Å². The molecule has 3 aromatic rings. The summed E-state index contributed by atoms with van der Waals surface area (Å²) in [5.41, 5.74) is 4.03. The van der Waals surface area contributed by atoms with Crippen LogP contribution in [0.15, 0.2) is 66.7 Å². The number of rotatable bonds is 5. The van der Waals surface area contributed by atoms with E-state index in [1.807, 2.05) is 36.4 Å². The third-order valence-electron chi connectivity index (χ3n) is 5.73. The van der Waals surface area contributed by atoms with E-state index in [9.17, 15) is 18.0 Å². The van der Waals surface area contributed by atoms with E-state index in [1.54, 1.807) is 6.07 Å². The van der Waals surface area contributed by atoms with Crippen LogP contribution in [0.25, 0.3) is 0 Å². The van der Waals surface area contributed by atoms with E-state index in [4.69, 9.17) is 4.74 Å². The van der Waals surface area contributed by atoms with E-state index in [0.29, 0.717) is 23.9 Å². The van der Waals surface area contributed by atoms with Crippen LogP contribution >= 0.6 is 0 Å². The van der Waals surface area contributed by atoms with Gasteiger partial charge >= 0.3 is 12.3 Å². The second-order valence-corrected chi connectivity index (χ2v) is 8.45. The number of fused-ring (bicyclic) bond motifs is 1. The summed E-state index contributed by atoms with van der Waals surface area (Å²) in [5.74, 6) is 0.859. The topological polar surface area (TPSA) is 41.6 Å². The third kappa shape index (κ3) is 5.48. The van der Waals surface area contributed by atoms with E-state index in [1.165, 1.54) is 17.7 Å². The van der Waals surface area contributed by atoms with E-state index < -0.39 is 17.8 Å². The molecule has 172 valence electrons. The van der Waals surface area contributed by atoms with Gasteiger partial charge in [-0.15, -0.1) is 0 Å². The molecule has 0 aromatic heterocycles. The molecule has 7 heteroatoms. The highest BCUT2D eigenvalue weighted by molar-refractivity contribution is 5.86. The van der Waals surface area contributed by atoms with Crippen LogP contribution in [0.2, 0.25) is 0 Å². The molecule has 0 radical (unpaired) electrons. The number of benzene rings is 3. The molecule has 0 saturated carbocycles. The highest BCUT2D eigenvalue weighted by Crippen LogP contribution is 2.33. The standard InChI is InChI=1S/C26H25F3N2O2/c1-17(2)19-5-9-22(10-6-19)30-25(32)33-23-11-12-24-20(15-23)13-14-31(24)16-18-3-7-21(8-4-18)26(27,28)29/h3-12,15,17H,13-14,16H2,1-2H3,(H,30,32). The molecule has 1 heterocycles. The number of nitrogens with one attached hydrogen (secondary N) is 1. The van der Waals surface area contributed by atoms with E-state index >= 15 is 0 Å². The van der Waals surface area contributed by atoms with Gasteiger partial charge in [-0.05, 0) is 71.5 Å². The minimum Gasteiger partial charge on any atom is -0.410 e. The fourth-order valence-electron chi connectivity index (χ4n) is 3.90. The second kappa shape index (κ2) is 9.17. The zero-order chi connectivity index (χ0) is 23.6. The first kappa shape index (κ1) is 22.7. The average Bonchev–Trinajstić information content (AvgIpc) is 3.15. The first-order valence-corrected chi connectivity index (χ1v) is 10.8.